The van der Waals surface area contributed by atoms with Gasteiger partial charge in [0.25, 0.3) is 0 Å². The molecule has 0 aromatic rings. The Morgan fingerprint density at radius 1 is 1.26 bits per heavy atom. The van der Waals surface area contributed by atoms with Gasteiger partial charge in [-0.15, -0.1) is 0 Å². The number of nitrogens with one attached hydrogen (secondary N) is 1. The van der Waals surface area contributed by atoms with E-state index in [0.29, 0.717) is 0 Å². The van der Waals surface area contributed by atoms with E-state index in [9.17, 15) is 13.2 Å². The van der Waals surface area contributed by atoms with Crippen LogP contribution in [0.25, 0.3) is 0 Å². The molecule has 1 N–H and O–H groups in total. The summed E-state index contributed by atoms with van der Waals surface area (Å²) in [5.74, 6) is -0.212. The minimum atomic E-state index is -3.07. The first-order valence-electron chi connectivity index (χ1n) is 6.61. The van der Waals surface area contributed by atoms with Gasteiger partial charge in [-0.25, -0.2) is 8.42 Å². The molecule has 19 heavy (non-hydrogen) atoms. The van der Waals surface area contributed by atoms with Gasteiger partial charge >= 0.3 is 0 Å². The van der Waals surface area contributed by atoms with Gasteiger partial charge in [0.2, 0.25) is 5.91 Å². The molecular weight excluding hydrogens is 262 g/mol. The van der Waals surface area contributed by atoms with Gasteiger partial charge in [0.15, 0.2) is 9.84 Å². The molecule has 0 fully saturated rings. The Balaban J connectivity index is 2.50. The van der Waals surface area contributed by atoms with E-state index in [1.54, 1.807) is 6.08 Å². The maximum absolute atomic E-state index is 12.0. The third-order valence-corrected chi connectivity index (χ3v) is 4.37. The van der Waals surface area contributed by atoms with E-state index < -0.39 is 9.84 Å². The van der Waals surface area contributed by atoms with E-state index in [0.717, 1.165) is 6.42 Å². The summed E-state index contributed by atoms with van der Waals surface area (Å²) in [6.07, 6.45) is 2.72. The van der Waals surface area contributed by atoms with Crippen molar-refractivity contribution in [2.75, 3.05) is 5.75 Å². The van der Waals surface area contributed by atoms with Gasteiger partial charge in [-0.05, 0) is 25.7 Å². The van der Waals surface area contributed by atoms with Crippen LogP contribution in [0.4, 0.5) is 0 Å². The van der Waals surface area contributed by atoms with Gasteiger partial charge in [-0.1, -0.05) is 26.8 Å². The van der Waals surface area contributed by atoms with Crippen molar-refractivity contribution in [3.05, 3.63) is 11.5 Å². The summed E-state index contributed by atoms with van der Waals surface area (Å²) in [6, 6.07) is 0. The molecule has 1 aliphatic rings. The second-order valence-electron chi connectivity index (χ2n) is 7.29. The van der Waals surface area contributed by atoms with E-state index in [2.05, 4.69) is 26.1 Å². The summed E-state index contributed by atoms with van der Waals surface area (Å²) >= 11 is 0. The first kappa shape index (κ1) is 16.2. The fourth-order valence-corrected chi connectivity index (χ4v) is 4.20. The molecule has 0 saturated carbocycles. The number of carbonyl (C=O) groups excluding carboxylic acids is 1. The van der Waals surface area contributed by atoms with E-state index in [1.165, 1.54) is 5.41 Å². The molecule has 0 aromatic heterocycles. The smallest absolute Gasteiger partial charge is 0.221 e. The molecule has 110 valence electrons. The normalized spacial score (nSPS) is 22.5. The van der Waals surface area contributed by atoms with E-state index in [4.69, 9.17) is 0 Å². The number of amides is 1. The molecule has 0 saturated heterocycles. The van der Waals surface area contributed by atoms with Crippen molar-refractivity contribution in [1.29, 1.82) is 0 Å². The maximum atomic E-state index is 12.0. The molecule has 0 bridgehead atoms. The van der Waals surface area contributed by atoms with Crippen LogP contribution in [0.2, 0.25) is 0 Å². The van der Waals surface area contributed by atoms with Crippen LogP contribution in [0, 0.1) is 11.3 Å². The van der Waals surface area contributed by atoms with Crippen molar-refractivity contribution in [2.24, 2.45) is 11.3 Å². The molecule has 4 nitrogen and oxygen atoms in total. The molecule has 1 amide bonds. The SMILES string of the molecule is CC(C)(C)CC(C)(C)NC(=O)CC1C=CS(=O)(=O)C1. The van der Waals surface area contributed by atoms with E-state index in [1.807, 2.05) is 13.8 Å². The first-order valence-corrected chi connectivity index (χ1v) is 8.32. The molecule has 1 rings (SSSR count). The Morgan fingerprint density at radius 2 is 1.84 bits per heavy atom. The van der Waals surface area contributed by atoms with Crippen LogP contribution in [0.3, 0.4) is 0 Å². The highest BCUT2D eigenvalue weighted by atomic mass is 32.2. The number of sulfone groups is 1. The molecule has 1 heterocycles. The van der Waals surface area contributed by atoms with Gasteiger partial charge in [-0.3, -0.25) is 4.79 Å². The summed E-state index contributed by atoms with van der Waals surface area (Å²) in [4.78, 5) is 12.0. The van der Waals surface area contributed by atoms with E-state index in [-0.39, 0.29) is 35.0 Å². The Morgan fingerprint density at radius 3 is 2.26 bits per heavy atom. The fourth-order valence-electron chi connectivity index (χ4n) is 2.80. The zero-order chi connectivity index (χ0) is 14.9. The maximum Gasteiger partial charge on any atom is 0.221 e. The van der Waals surface area contributed by atoms with Crippen molar-refractivity contribution in [1.82, 2.24) is 5.32 Å². The van der Waals surface area contributed by atoms with Gasteiger partial charge in [0.1, 0.15) is 0 Å². The predicted molar refractivity (Wildman–Crippen MR) is 77.3 cm³/mol. The number of carbonyl (C=O) groups is 1. The predicted octanol–water partition coefficient (Wildman–Crippen LogP) is 2.27. The third-order valence-electron chi connectivity index (χ3n) is 2.90. The van der Waals surface area contributed by atoms with Crippen LogP contribution >= 0.6 is 0 Å². The highest BCUT2D eigenvalue weighted by Gasteiger charge is 2.29. The van der Waals surface area contributed by atoms with Crippen molar-refractivity contribution < 1.29 is 13.2 Å². The Labute approximate surface area is 116 Å². The van der Waals surface area contributed by atoms with E-state index >= 15 is 0 Å². The minimum absolute atomic E-state index is 0.0557. The van der Waals surface area contributed by atoms with Gasteiger partial charge in [0, 0.05) is 23.3 Å². The Hall–Kier alpha value is -0.840. The monoisotopic (exact) mass is 287 g/mol. The molecule has 1 atom stereocenters. The lowest BCUT2D eigenvalue weighted by molar-refractivity contribution is -0.123. The highest BCUT2D eigenvalue weighted by Crippen LogP contribution is 2.27. The van der Waals surface area contributed by atoms with Gasteiger partial charge in [-0.2, -0.15) is 0 Å². The third kappa shape index (κ3) is 6.23. The van der Waals surface area contributed by atoms with Crippen molar-refractivity contribution >= 4 is 15.7 Å². The van der Waals surface area contributed by atoms with Crippen LogP contribution in [-0.4, -0.2) is 25.6 Å². The van der Waals surface area contributed by atoms with Gasteiger partial charge < -0.3 is 5.32 Å². The second kappa shape index (κ2) is 5.27. The lowest BCUT2D eigenvalue weighted by Crippen LogP contribution is -2.46. The zero-order valence-electron chi connectivity index (χ0n) is 12.5. The largest absolute Gasteiger partial charge is 0.351 e. The minimum Gasteiger partial charge on any atom is -0.351 e. The summed E-state index contributed by atoms with van der Waals surface area (Å²) in [5.41, 5.74) is -0.149. The average molecular weight is 287 g/mol. The van der Waals surface area contributed by atoms with Gasteiger partial charge in [0.05, 0.1) is 5.75 Å². The summed E-state index contributed by atoms with van der Waals surface area (Å²) in [7, 11) is -3.07. The molecule has 1 aliphatic heterocycles. The molecular formula is C14H25NO3S. The fraction of sp³-hybridized carbons (Fsp3) is 0.786. The molecule has 0 spiro atoms. The topological polar surface area (TPSA) is 63.2 Å². The van der Waals surface area contributed by atoms with Crippen molar-refractivity contribution in [3.8, 4) is 0 Å². The quantitative estimate of drug-likeness (QED) is 0.862. The summed E-state index contributed by atoms with van der Waals surface area (Å²) < 4.78 is 22.6. The van der Waals surface area contributed by atoms with Crippen molar-refractivity contribution in [2.45, 2.75) is 53.0 Å². The lowest BCUT2D eigenvalue weighted by Gasteiger charge is -2.33. The first-order chi connectivity index (χ1) is 8.39. The van der Waals surface area contributed by atoms with Crippen molar-refractivity contribution in [3.63, 3.8) is 0 Å². The number of allylic oxidation sites excluding steroid dienone is 1. The highest BCUT2D eigenvalue weighted by molar-refractivity contribution is 7.94. The molecule has 0 aliphatic carbocycles. The zero-order valence-corrected chi connectivity index (χ0v) is 13.3. The average Bonchev–Trinajstić information content (AvgIpc) is 2.38. The summed E-state index contributed by atoms with van der Waals surface area (Å²) in [5, 5.41) is 4.21. The molecule has 0 radical (unpaired) electrons. The Bertz CT molecular complexity index is 469. The van der Waals surface area contributed by atoms with Crippen LogP contribution in [0.15, 0.2) is 11.5 Å². The number of rotatable bonds is 4. The van der Waals surface area contributed by atoms with Crippen LogP contribution in [-0.2, 0) is 14.6 Å². The van der Waals surface area contributed by atoms with Crippen LogP contribution in [0.1, 0.15) is 47.5 Å². The second-order valence-corrected chi connectivity index (χ2v) is 9.22. The van der Waals surface area contributed by atoms with Crippen LogP contribution in [0.5, 0.6) is 0 Å². The van der Waals surface area contributed by atoms with Crippen LogP contribution < -0.4 is 5.32 Å². The number of hydrogen-bond donors (Lipinski definition) is 1. The molecule has 5 heteroatoms. The molecule has 1 unspecified atom stereocenters. The molecule has 0 aromatic carbocycles. The summed E-state index contributed by atoms with van der Waals surface area (Å²) in [6.45, 7) is 10.4. The lowest BCUT2D eigenvalue weighted by atomic mass is 9.81. The Kier molecular flexibility index (Phi) is 4.50. The number of hydrogen-bond acceptors (Lipinski definition) is 3. The standard InChI is InChI=1S/C14H25NO3S/c1-13(2,3)10-14(4,5)15-12(16)8-11-6-7-19(17,18)9-11/h6-7,11H,8-10H2,1-5H3,(H,15,16).